The van der Waals surface area contributed by atoms with Crippen LogP contribution in [-0.2, 0) is 5.75 Å². The molecule has 0 fully saturated rings. The molecular formula is C23H18N2O2S3. The average molecular weight is 451 g/mol. The highest BCUT2D eigenvalue weighted by molar-refractivity contribution is 7.98. The van der Waals surface area contributed by atoms with Crippen molar-refractivity contribution in [1.29, 1.82) is 0 Å². The van der Waals surface area contributed by atoms with Gasteiger partial charge in [0, 0.05) is 28.0 Å². The minimum absolute atomic E-state index is 0.0706. The number of hydrogen-bond acceptors (Lipinski definition) is 6. The Morgan fingerprint density at radius 2 is 1.77 bits per heavy atom. The van der Waals surface area contributed by atoms with Crippen molar-refractivity contribution in [2.24, 2.45) is 0 Å². The number of benzene rings is 2. The maximum Gasteiger partial charge on any atom is 0.258 e. The van der Waals surface area contributed by atoms with Gasteiger partial charge in [-0.05, 0) is 23.6 Å². The molecule has 30 heavy (non-hydrogen) atoms. The Labute approximate surface area is 187 Å². The number of ketones is 1. The lowest BCUT2D eigenvalue weighted by molar-refractivity contribution is 0.101. The fourth-order valence-corrected chi connectivity index (χ4v) is 5.59. The van der Waals surface area contributed by atoms with Crippen molar-refractivity contribution < 1.29 is 9.59 Å². The highest BCUT2D eigenvalue weighted by Crippen LogP contribution is 2.33. The van der Waals surface area contributed by atoms with Gasteiger partial charge in [0.15, 0.2) is 10.9 Å². The van der Waals surface area contributed by atoms with Gasteiger partial charge < -0.3 is 0 Å². The van der Waals surface area contributed by atoms with Crippen LogP contribution in [-0.4, -0.2) is 16.7 Å². The van der Waals surface area contributed by atoms with Crippen molar-refractivity contribution in [1.82, 2.24) is 4.98 Å². The molecule has 0 aliphatic carbocycles. The summed E-state index contributed by atoms with van der Waals surface area (Å²) in [6, 6.07) is 21.2. The molecular weight excluding hydrogens is 432 g/mol. The number of hydrogen-bond donors (Lipinski definition) is 1. The maximum atomic E-state index is 13.0. The van der Waals surface area contributed by atoms with Crippen LogP contribution in [0.4, 0.5) is 5.13 Å². The zero-order chi connectivity index (χ0) is 20.9. The van der Waals surface area contributed by atoms with Crippen molar-refractivity contribution >= 4 is 51.3 Å². The molecule has 0 spiro atoms. The van der Waals surface area contributed by atoms with Crippen LogP contribution in [0.25, 0.3) is 11.3 Å². The molecule has 2 aromatic carbocycles. The third kappa shape index (κ3) is 4.70. The summed E-state index contributed by atoms with van der Waals surface area (Å²) in [4.78, 5) is 32.4. The molecule has 1 amide bonds. The largest absolute Gasteiger partial charge is 0.298 e. The predicted octanol–water partition coefficient (Wildman–Crippen LogP) is 6.62. The standard InChI is InChI=1S/C23H18N2O2S3/c1-15(26)21-20(16-8-3-2-4-9-16)24-23(30-21)25-22(27)18-11-5-6-12-19(18)29-14-17-10-7-13-28-17/h2-13H,14H2,1H3,(H,24,25,27). The number of nitrogens with one attached hydrogen (secondary N) is 1. The van der Waals surface area contributed by atoms with Gasteiger partial charge in [-0.3, -0.25) is 14.9 Å². The second-order valence-corrected chi connectivity index (χ2v) is 9.49. The summed E-state index contributed by atoms with van der Waals surface area (Å²) in [5.74, 6) is 0.512. The van der Waals surface area contributed by atoms with E-state index in [1.807, 2.05) is 66.0 Å². The lowest BCUT2D eigenvalue weighted by atomic mass is 10.1. The number of carbonyl (C=O) groups excluding carboxylic acids is 2. The summed E-state index contributed by atoms with van der Waals surface area (Å²) in [7, 11) is 0. The Bertz CT molecular complexity index is 1170. The second-order valence-electron chi connectivity index (χ2n) is 6.44. The molecule has 0 saturated carbocycles. The fraction of sp³-hybridized carbons (Fsp3) is 0.0870. The third-order valence-electron chi connectivity index (χ3n) is 4.30. The Kier molecular flexibility index (Phi) is 6.42. The van der Waals surface area contributed by atoms with Crippen LogP contribution in [0.2, 0.25) is 0 Å². The van der Waals surface area contributed by atoms with Gasteiger partial charge in [-0.15, -0.1) is 23.1 Å². The number of nitrogens with zero attached hydrogens (tertiary/aromatic N) is 1. The molecule has 4 rings (SSSR count). The molecule has 0 aliphatic rings. The Morgan fingerprint density at radius 3 is 2.50 bits per heavy atom. The first-order valence-electron chi connectivity index (χ1n) is 9.24. The topological polar surface area (TPSA) is 59.1 Å². The minimum Gasteiger partial charge on any atom is -0.298 e. The number of aromatic nitrogens is 1. The van der Waals surface area contributed by atoms with Crippen molar-refractivity contribution in [3.05, 3.63) is 87.4 Å². The number of thiazole rings is 1. The summed E-state index contributed by atoms with van der Waals surface area (Å²) >= 11 is 4.54. The van der Waals surface area contributed by atoms with Crippen LogP contribution < -0.4 is 5.32 Å². The van der Waals surface area contributed by atoms with Crippen LogP contribution in [0, 0.1) is 0 Å². The quantitative estimate of drug-likeness (QED) is 0.254. The van der Waals surface area contributed by atoms with E-state index in [9.17, 15) is 9.59 Å². The summed E-state index contributed by atoms with van der Waals surface area (Å²) in [6.07, 6.45) is 0. The number of carbonyl (C=O) groups is 2. The zero-order valence-corrected chi connectivity index (χ0v) is 18.6. The highest BCUT2D eigenvalue weighted by Gasteiger charge is 2.19. The number of Topliss-reactive ketones (excluding diaryl/α,β-unsaturated/α-hetero) is 1. The van der Waals surface area contributed by atoms with E-state index in [1.54, 1.807) is 23.1 Å². The highest BCUT2D eigenvalue weighted by atomic mass is 32.2. The van der Waals surface area contributed by atoms with Gasteiger partial charge >= 0.3 is 0 Å². The Morgan fingerprint density at radius 1 is 1.00 bits per heavy atom. The van der Waals surface area contributed by atoms with Crippen LogP contribution in [0.15, 0.2) is 77.0 Å². The lowest BCUT2D eigenvalue weighted by Crippen LogP contribution is -2.12. The predicted molar refractivity (Wildman–Crippen MR) is 126 cm³/mol. The summed E-state index contributed by atoms with van der Waals surface area (Å²) in [6.45, 7) is 1.52. The SMILES string of the molecule is CC(=O)c1sc(NC(=O)c2ccccc2SCc2cccs2)nc1-c1ccccc1. The normalized spacial score (nSPS) is 10.7. The van der Waals surface area contributed by atoms with Gasteiger partial charge in [0.2, 0.25) is 0 Å². The van der Waals surface area contributed by atoms with Gasteiger partial charge in [-0.2, -0.15) is 0 Å². The monoisotopic (exact) mass is 450 g/mol. The van der Waals surface area contributed by atoms with E-state index in [0.29, 0.717) is 21.3 Å². The molecule has 0 unspecified atom stereocenters. The third-order valence-corrected chi connectivity index (χ3v) is 7.55. The minimum atomic E-state index is -0.229. The van der Waals surface area contributed by atoms with E-state index >= 15 is 0 Å². The number of thioether (sulfide) groups is 1. The van der Waals surface area contributed by atoms with Crippen molar-refractivity contribution in [2.45, 2.75) is 17.6 Å². The summed E-state index contributed by atoms with van der Waals surface area (Å²) < 4.78 is 0. The van der Waals surface area contributed by atoms with Gasteiger partial charge in [0.25, 0.3) is 5.91 Å². The molecule has 2 heterocycles. The van der Waals surface area contributed by atoms with Crippen molar-refractivity contribution in [3.8, 4) is 11.3 Å². The van der Waals surface area contributed by atoms with E-state index in [-0.39, 0.29) is 11.7 Å². The zero-order valence-electron chi connectivity index (χ0n) is 16.1. The Balaban J connectivity index is 1.57. The van der Waals surface area contributed by atoms with Crippen LogP contribution in [0.1, 0.15) is 31.8 Å². The Hall–Kier alpha value is -2.74. The molecule has 0 atom stereocenters. The van der Waals surface area contributed by atoms with Crippen LogP contribution in [0.5, 0.6) is 0 Å². The van der Waals surface area contributed by atoms with E-state index in [2.05, 4.69) is 16.4 Å². The van der Waals surface area contributed by atoms with Gasteiger partial charge in [-0.1, -0.05) is 59.9 Å². The molecule has 4 nitrogen and oxygen atoms in total. The van der Waals surface area contributed by atoms with Crippen molar-refractivity contribution in [3.63, 3.8) is 0 Å². The van der Waals surface area contributed by atoms with E-state index < -0.39 is 0 Å². The maximum absolute atomic E-state index is 13.0. The number of amides is 1. The average Bonchev–Trinajstić information content (AvgIpc) is 3.43. The second kappa shape index (κ2) is 9.38. The summed E-state index contributed by atoms with van der Waals surface area (Å²) in [5, 5.41) is 5.35. The number of anilines is 1. The smallest absolute Gasteiger partial charge is 0.258 e. The molecule has 1 N–H and O–H groups in total. The van der Waals surface area contributed by atoms with Gasteiger partial charge in [0.05, 0.1) is 16.1 Å². The van der Waals surface area contributed by atoms with Crippen LogP contribution in [0.3, 0.4) is 0 Å². The van der Waals surface area contributed by atoms with E-state index in [1.165, 1.54) is 23.1 Å². The molecule has 4 aromatic rings. The molecule has 0 aliphatic heterocycles. The van der Waals surface area contributed by atoms with E-state index in [0.717, 1.165) is 16.2 Å². The first-order valence-corrected chi connectivity index (χ1v) is 11.9. The van der Waals surface area contributed by atoms with E-state index in [4.69, 9.17) is 0 Å². The molecule has 0 bridgehead atoms. The first kappa shape index (κ1) is 20.5. The molecule has 150 valence electrons. The fourth-order valence-electron chi connectivity index (χ4n) is 2.89. The number of rotatable bonds is 7. The van der Waals surface area contributed by atoms with Crippen LogP contribution >= 0.6 is 34.4 Å². The number of thiophene rings is 1. The molecule has 2 aromatic heterocycles. The molecule has 0 saturated heterocycles. The van der Waals surface area contributed by atoms with Gasteiger partial charge in [0.1, 0.15) is 0 Å². The first-order chi connectivity index (χ1) is 14.6. The molecule has 7 heteroatoms. The summed E-state index contributed by atoms with van der Waals surface area (Å²) in [5.41, 5.74) is 2.05. The van der Waals surface area contributed by atoms with Crippen molar-refractivity contribution in [2.75, 3.05) is 5.32 Å². The molecule has 0 radical (unpaired) electrons. The lowest BCUT2D eigenvalue weighted by Gasteiger charge is -2.08. The van der Waals surface area contributed by atoms with Gasteiger partial charge in [-0.25, -0.2) is 4.98 Å².